The molecule has 1 amide bonds. The smallest absolute Gasteiger partial charge is 0.289 e. The minimum absolute atomic E-state index is 0.0615. The summed E-state index contributed by atoms with van der Waals surface area (Å²) >= 11 is 0. The lowest BCUT2D eigenvalue weighted by molar-refractivity contribution is 0.0996. The van der Waals surface area contributed by atoms with E-state index >= 15 is 0 Å². The summed E-state index contributed by atoms with van der Waals surface area (Å²) < 4.78 is 6.64. The van der Waals surface area contributed by atoms with E-state index in [-0.39, 0.29) is 11.7 Å². The number of primary amides is 1. The van der Waals surface area contributed by atoms with Crippen molar-refractivity contribution in [3.8, 4) is 0 Å². The fourth-order valence-electron chi connectivity index (χ4n) is 1.32. The molecule has 7 nitrogen and oxygen atoms in total. The number of imidazole rings is 1. The molecule has 1 aromatic rings. The van der Waals surface area contributed by atoms with Gasteiger partial charge in [0.1, 0.15) is 5.82 Å². The Balaban J connectivity index is 3.06. The highest BCUT2D eigenvalue weighted by atomic mass is 16.5. The van der Waals surface area contributed by atoms with Gasteiger partial charge in [0.25, 0.3) is 11.9 Å². The van der Waals surface area contributed by atoms with Crippen LogP contribution < -0.4 is 10.6 Å². The Morgan fingerprint density at radius 1 is 1.75 bits per heavy atom. The summed E-state index contributed by atoms with van der Waals surface area (Å²) in [7, 11) is 3.33. The number of hydrogen-bond acceptors (Lipinski definition) is 4. The highest BCUT2D eigenvalue weighted by molar-refractivity contribution is 6.00. The summed E-state index contributed by atoms with van der Waals surface area (Å²) in [5.74, 6) is -0.197. The molecule has 0 saturated carbocycles. The molecule has 1 heterocycles. The number of carbonyl (C=O) groups is 1. The van der Waals surface area contributed by atoms with Gasteiger partial charge in [-0.2, -0.15) is 0 Å². The van der Waals surface area contributed by atoms with Gasteiger partial charge in [-0.05, 0) is 6.92 Å². The number of nitrogens with one attached hydrogen (secondary N) is 1. The van der Waals surface area contributed by atoms with Crippen molar-refractivity contribution >= 4 is 17.7 Å². The van der Waals surface area contributed by atoms with Gasteiger partial charge in [0.05, 0.1) is 12.9 Å². The highest BCUT2D eigenvalue weighted by Gasteiger charge is 2.20. The van der Waals surface area contributed by atoms with E-state index in [2.05, 4.69) is 4.98 Å². The van der Waals surface area contributed by atoms with Crippen molar-refractivity contribution in [3.05, 3.63) is 12.0 Å². The number of amidine groups is 1. The SMILES string of the molecule is CCOC(=N)N(C)c1c(C(N)=O)ncn1C. The van der Waals surface area contributed by atoms with Crippen LogP contribution in [-0.4, -0.2) is 35.1 Å². The number of aryl methyl sites for hydroxylation is 1. The van der Waals surface area contributed by atoms with Crippen LogP contribution in [0.15, 0.2) is 6.33 Å². The van der Waals surface area contributed by atoms with E-state index in [4.69, 9.17) is 15.9 Å². The maximum atomic E-state index is 11.1. The van der Waals surface area contributed by atoms with Gasteiger partial charge in [0.15, 0.2) is 5.69 Å². The number of amides is 1. The summed E-state index contributed by atoms with van der Waals surface area (Å²) in [5.41, 5.74) is 5.31. The van der Waals surface area contributed by atoms with Gasteiger partial charge in [-0.3, -0.25) is 15.1 Å². The molecule has 1 rings (SSSR count). The Kier molecular flexibility index (Phi) is 3.49. The molecule has 7 heteroatoms. The van der Waals surface area contributed by atoms with Crippen LogP contribution in [0.1, 0.15) is 17.4 Å². The molecular weight excluding hydrogens is 210 g/mol. The average molecular weight is 225 g/mol. The number of ether oxygens (including phenoxy) is 1. The van der Waals surface area contributed by atoms with Crippen LogP contribution >= 0.6 is 0 Å². The second-order valence-electron chi connectivity index (χ2n) is 3.19. The van der Waals surface area contributed by atoms with Crippen LogP contribution in [0.25, 0.3) is 0 Å². The quantitative estimate of drug-likeness (QED) is 0.555. The van der Waals surface area contributed by atoms with Gasteiger partial charge < -0.3 is 15.0 Å². The minimum Gasteiger partial charge on any atom is -0.465 e. The van der Waals surface area contributed by atoms with Gasteiger partial charge in [-0.1, -0.05) is 0 Å². The molecule has 0 aliphatic rings. The Bertz CT molecular complexity index is 412. The fourth-order valence-corrected chi connectivity index (χ4v) is 1.32. The van der Waals surface area contributed by atoms with Crippen molar-refractivity contribution in [2.24, 2.45) is 12.8 Å². The summed E-state index contributed by atoms with van der Waals surface area (Å²) in [5, 5.41) is 7.62. The lowest BCUT2D eigenvalue weighted by atomic mass is 10.4. The van der Waals surface area contributed by atoms with E-state index < -0.39 is 5.91 Å². The molecule has 0 aromatic carbocycles. The van der Waals surface area contributed by atoms with Crippen LogP contribution in [0.5, 0.6) is 0 Å². The van der Waals surface area contributed by atoms with E-state index in [1.165, 1.54) is 11.2 Å². The molecule has 0 atom stereocenters. The first-order chi connectivity index (χ1) is 7.49. The lowest BCUT2D eigenvalue weighted by Crippen LogP contribution is -2.31. The molecule has 0 aliphatic carbocycles. The molecule has 1 aromatic heterocycles. The van der Waals surface area contributed by atoms with Gasteiger partial charge >= 0.3 is 0 Å². The molecule has 0 spiro atoms. The summed E-state index contributed by atoms with van der Waals surface area (Å²) in [6.07, 6.45) is 1.46. The van der Waals surface area contributed by atoms with Crippen molar-refractivity contribution in [1.29, 1.82) is 5.41 Å². The first-order valence-corrected chi connectivity index (χ1v) is 4.75. The van der Waals surface area contributed by atoms with Gasteiger partial charge in [0, 0.05) is 14.1 Å². The number of nitrogens with zero attached hydrogens (tertiary/aromatic N) is 3. The highest BCUT2D eigenvalue weighted by Crippen LogP contribution is 2.17. The van der Waals surface area contributed by atoms with Crippen LogP contribution in [0.3, 0.4) is 0 Å². The number of aromatic nitrogens is 2. The third-order valence-corrected chi connectivity index (χ3v) is 2.04. The molecule has 0 fully saturated rings. The lowest BCUT2D eigenvalue weighted by Gasteiger charge is -2.19. The number of hydrogen-bond donors (Lipinski definition) is 2. The molecule has 0 unspecified atom stereocenters. The Labute approximate surface area is 93.3 Å². The molecule has 16 heavy (non-hydrogen) atoms. The van der Waals surface area contributed by atoms with Crippen molar-refractivity contribution in [1.82, 2.24) is 9.55 Å². The second kappa shape index (κ2) is 4.65. The second-order valence-corrected chi connectivity index (χ2v) is 3.19. The molecule has 0 aliphatic heterocycles. The van der Waals surface area contributed by atoms with E-state index in [1.807, 2.05) is 0 Å². The fraction of sp³-hybridized carbons (Fsp3) is 0.444. The molecule has 0 radical (unpaired) electrons. The van der Waals surface area contributed by atoms with Gasteiger partial charge in [-0.15, -0.1) is 0 Å². The van der Waals surface area contributed by atoms with Crippen LogP contribution in [0, 0.1) is 5.41 Å². The number of nitrogens with two attached hydrogens (primary N) is 1. The predicted octanol–water partition coefficient (Wildman–Crippen LogP) is -0.0735. The van der Waals surface area contributed by atoms with Gasteiger partial charge in [-0.25, -0.2) is 4.98 Å². The van der Waals surface area contributed by atoms with Crippen molar-refractivity contribution < 1.29 is 9.53 Å². The van der Waals surface area contributed by atoms with E-state index in [9.17, 15) is 4.79 Å². The van der Waals surface area contributed by atoms with Crippen molar-refractivity contribution in [2.45, 2.75) is 6.92 Å². The van der Waals surface area contributed by atoms with E-state index in [1.54, 1.807) is 25.6 Å². The molecule has 0 bridgehead atoms. The topological polar surface area (TPSA) is 97.2 Å². The summed E-state index contributed by atoms with van der Waals surface area (Å²) in [4.78, 5) is 16.4. The number of anilines is 1. The third-order valence-electron chi connectivity index (χ3n) is 2.04. The Hall–Kier alpha value is -2.05. The van der Waals surface area contributed by atoms with Crippen molar-refractivity contribution in [2.75, 3.05) is 18.6 Å². The first kappa shape index (κ1) is 12.0. The molecule has 88 valence electrons. The standard InChI is InChI=1S/C9H15N5O2/c1-4-16-9(11)14(3)8-6(7(10)15)12-5-13(8)2/h5,11H,4H2,1-3H3,(H2,10,15). The third kappa shape index (κ3) is 2.13. The van der Waals surface area contributed by atoms with E-state index in [0.717, 1.165) is 0 Å². The zero-order valence-corrected chi connectivity index (χ0v) is 9.52. The zero-order valence-electron chi connectivity index (χ0n) is 9.52. The normalized spacial score (nSPS) is 9.94. The van der Waals surface area contributed by atoms with Crippen LogP contribution in [0.4, 0.5) is 5.82 Å². The van der Waals surface area contributed by atoms with Crippen molar-refractivity contribution in [3.63, 3.8) is 0 Å². The van der Waals surface area contributed by atoms with Crippen LogP contribution in [0.2, 0.25) is 0 Å². The molecule has 0 saturated heterocycles. The maximum absolute atomic E-state index is 11.1. The Morgan fingerprint density at radius 2 is 2.38 bits per heavy atom. The average Bonchev–Trinajstić information content (AvgIpc) is 2.59. The maximum Gasteiger partial charge on any atom is 0.289 e. The minimum atomic E-state index is -0.633. The summed E-state index contributed by atoms with van der Waals surface area (Å²) in [6.45, 7) is 2.16. The monoisotopic (exact) mass is 225 g/mol. The predicted molar refractivity (Wildman–Crippen MR) is 59.5 cm³/mol. The molecular formula is C9H15N5O2. The van der Waals surface area contributed by atoms with Gasteiger partial charge in [0.2, 0.25) is 0 Å². The number of carbonyl (C=O) groups excluding carboxylic acids is 1. The molecule has 3 N–H and O–H groups in total. The number of rotatable bonds is 3. The first-order valence-electron chi connectivity index (χ1n) is 4.75. The largest absolute Gasteiger partial charge is 0.465 e. The Morgan fingerprint density at radius 3 is 2.88 bits per heavy atom. The zero-order chi connectivity index (χ0) is 12.3. The van der Waals surface area contributed by atoms with E-state index in [0.29, 0.717) is 12.4 Å². The summed E-state index contributed by atoms with van der Waals surface area (Å²) in [6, 6.07) is -0.0615. The van der Waals surface area contributed by atoms with Crippen LogP contribution in [-0.2, 0) is 11.8 Å².